The van der Waals surface area contributed by atoms with Gasteiger partial charge in [-0.2, -0.15) is 0 Å². The number of hydrogen-bond donors (Lipinski definition) is 2. The summed E-state index contributed by atoms with van der Waals surface area (Å²) < 4.78 is 18.8. The summed E-state index contributed by atoms with van der Waals surface area (Å²) in [7, 11) is 0. The molecule has 0 bridgehead atoms. The van der Waals surface area contributed by atoms with Crippen LogP contribution in [0, 0.1) is 5.82 Å². The monoisotopic (exact) mass is 343 g/mol. The minimum atomic E-state index is -1.29. The molecule has 2 N–H and O–H groups in total. The van der Waals surface area contributed by atoms with Crippen molar-refractivity contribution in [2.75, 3.05) is 6.54 Å². The van der Waals surface area contributed by atoms with Crippen molar-refractivity contribution in [1.82, 2.24) is 5.32 Å². The summed E-state index contributed by atoms with van der Waals surface area (Å²) in [5, 5.41) is 11.4. The molecule has 0 spiro atoms. The fourth-order valence-corrected chi connectivity index (χ4v) is 1.89. The number of hydrogen-bond acceptors (Lipinski definition) is 3. The third-order valence-corrected chi connectivity index (χ3v) is 2.91. The molecule has 7 heteroatoms. The Morgan fingerprint density at radius 1 is 1.39 bits per heavy atom. The van der Waals surface area contributed by atoms with E-state index >= 15 is 0 Å². The van der Waals surface area contributed by atoms with Crippen LogP contribution in [0.4, 0.5) is 9.18 Å². The molecule has 126 valence electrons. The smallest absolute Gasteiger partial charge is 0.407 e. The molecule has 0 saturated heterocycles. The molecule has 1 amide bonds. The van der Waals surface area contributed by atoms with Gasteiger partial charge in [-0.1, -0.05) is 23.8 Å². The molecule has 0 aliphatic carbocycles. The summed E-state index contributed by atoms with van der Waals surface area (Å²) >= 11 is 5.78. The second-order valence-corrected chi connectivity index (χ2v) is 6.19. The van der Waals surface area contributed by atoms with Gasteiger partial charge in [0.15, 0.2) is 0 Å². The first-order valence-corrected chi connectivity index (χ1v) is 7.33. The highest BCUT2D eigenvalue weighted by Gasteiger charge is 2.15. The maximum Gasteiger partial charge on any atom is 0.407 e. The Morgan fingerprint density at radius 3 is 2.61 bits per heavy atom. The van der Waals surface area contributed by atoms with Crippen LogP contribution in [0.15, 0.2) is 18.2 Å². The zero-order valence-corrected chi connectivity index (χ0v) is 13.9. The van der Waals surface area contributed by atoms with Crippen molar-refractivity contribution in [1.29, 1.82) is 0 Å². The van der Waals surface area contributed by atoms with Crippen LogP contribution in [0.5, 0.6) is 0 Å². The Labute approximate surface area is 139 Å². The van der Waals surface area contributed by atoms with Crippen LogP contribution in [0.1, 0.15) is 43.1 Å². The fourth-order valence-electron chi connectivity index (χ4n) is 1.64. The predicted molar refractivity (Wildman–Crippen MR) is 86.3 cm³/mol. The number of benzene rings is 1. The molecule has 5 nitrogen and oxygen atoms in total. The van der Waals surface area contributed by atoms with Crippen molar-refractivity contribution >= 4 is 29.7 Å². The molecular formula is C16H19ClFNO4. The van der Waals surface area contributed by atoms with E-state index in [0.717, 1.165) is 6.07 Å². The van der Waals surface area contributed by atoms with Gasteiger partial charge in [0.25, 0.3) is 0 Å². The Bertz CT molecular complexity index is 623. The van der Waals surface area contributed by atoms with Crippen molar-refractivity contribution in [3.05, 3.63) is 40.2 Å². The molecule has 0 radical (unpaired) electrons. The average molecular weight is 344 g/mol. The topological polar surface area (TPSA) is 75.6 Å². The molecule has 1 aromatic rings. The maximum atomic E-state index is 13.8. The number of carboxylic acid groups (broad SMARTS) is 1. The molecule has 23 heavy (non-hydrogen) atoms. The number of ether oxygens (including phenoxy) is 1. The molecule has 1 rings (SSSR count). The lowest BCUT2D eigenvalue weighted by atomic mass is 10.1. The van der Waals surface area contributed by atoms with Crippen molar-refractivity contribution < 1.29 is 23.8 Å². The third kappa shape index (κ3) is 6.69. The summed E-state index contributed by atoms with van der Waals surface area (Å²) in [5.74, 6) is -1.96. The second kappa shape index (κ2) is 7.97. The van der Waals surface area contributed by atoms with E-state index in [1.807, 2.05) is 0 Å². The van der Waals surface area contributed by atoms with Gasteiger partial charge in [-0.15, -0.1) is 0 Å². The zero-order chi connectivity index (χ0) is 17.6. The van der Waals surface area contributed by atoms with Gasteiger partial charge in [0.2, 0.25) is 0 Å². The average Bonchev–Trinajstić information content (AvgIpc) is 2.39. The van der Waals surface area contributed by atoms with Gasteiger partial charge >= 0.3 is 12.1 Å². The number of aromatic carboxylic acids is 1. The van der Waals surface area contributed by atoms with E-state index in [-0.39, 0.29) is 16.1 Å². The van der Waals surface area contributed by atoms with Crippen LogP contribution in [0.25, 0.3) is 6.08 Å². The number of carbonyl (C=O) groups is 2. The lowest BCUT2D eigenvalue weighted by Crippen LogP contribution is -2.32. The van der Waals surface area contributed by atoms with Crippen LogP contribution < -0.4 is 5.32 Å². The van der Waals surface area contributed by atoms with E-state index in [0.29, 0.717) is 13.0 Å². The van der Waals surface area contributed by atoms with Gasteiger partial charge in [0.05, 0.1) is 10.6 Å². The van der Waals surface area contributed by atoms with Gasteiger partial charge in [-0.25, -0.2) is 14.0 Å². The molecule has 0 aliphatic rings. The number of amides is 1. The second-order valence-electron chi connectivity index (χ2n) is 5.78. The van der Waals surface area contributed by atoms with Crippen molar-refractivity contribution in [2.24, 2.45) is 0 Å². The zero-order valence-electron chi connectivity index (χ0n) is 13.2. The van der Waals surface area contributed by atoms with Crippen LogP contribution in [-0.2, 0) is 4.74 Å². The molecular weight excluding hydrogens is 325 g/mol. The minimum Gasteiger partial charge on any atom is -0.478 e. The molecule has 0 heterocycles. The van der Waals surface area contributed by atoms with Crippen LogP contribution >= 0.6 is 11.6 Å². The molecule has 1 aromatic carbocycles. The number of carbonyl (C=O) groups excluding carboxylic acids is 1. The van der Waals surface area contributed by atoms with E-state index in [4.69, 9.17) is 21.4 Å². The first-order valence-electron chi connectivity index (χ1n) is 6.96. The fraction of sp³-hybridized carbons (Fsp3) is 0.375. The SMILES string of the molecule is CC(C)(C)OC(=O)NCCC=Cc1cc(Cl)c(C(=O)O)cc1F. The highest BCUT2D eigenvalue weighted by molar-refractivity contribution is 6.33. The lowest BCUT2D eigenvalue weighted by Gasteiger charge is -2.19. The van der Waals surface area contributed by atoms with Crippen LogP contribution in [-0.4, -0.2) is 29.3 Å². The Morgan fingerprint density at radius 2 is 2.04 bits per heavy atom. The highest BCUT2D eigenvalue weighted by atomic mass is 35.5. The van der Waals surface area contributed by atoms with Crippen molar-refractivity contribution in [3.8, 4) is 0 Å². The Kier molecular flexibility index (Phi) is 6.57. The molecule has 0 unspecified atom stereocenters. The van der Waals surface area contributed by atoms with E-state index in [1.165, 1.54) is 12.1 Å². The predicted octanol–water partition coefficient (Wildman–Crippen LogP) is 4.11. The van der Waals surface area contributed by atoms with E-state index in [9.17, 15) is 14.0 Å². The van der Waals surface area contributed by atoms with Crippen molar-refractivity contribution in [2.45, 2.75) is 32.8 Å². The summed E-state index contributed by atoms with van der Waals surface area (Å²) in [4.78, 5) is 22.2. The Balaban J connectivity index is 2.54. The summed E-state index contributed by atoms with van der Waals surface area (Å²) in [6, 6.07) is 2.13. The Hall–Kier alpha value is -2.08. The van der Waals surface area contributed by atoms with Crippen molar-refractivity contribution in [3.63, 3.8) is 0 Å². The summed E-state index contributed by atoms with van der Waals surface area (Å²) in [6.45, 7) is 5.62. The quantitative estimate of drug-likeness (QED) is 0.789. The number of halogens is 2. The van der Waals surface area contributed by atoms with Gasteiger partial charge in [0.1, 0.15) is 11.4 Å². The van der Waals surface area contributed by atoms with Gasteiger partial charge in [0, 0.05) is 12.1 Å². The highest BCUT2D eigenvalue weighted by Crippen LogP contribution is 2.22. The normalized spacial score (nSPS) is 11.5. The summed E-state index contributed by atoms with van der Waals surface area (Å²) in [5.41, 5.74) is -0.670. The number of carboxylic acids is 1. The first-order chi connectivity index (χ1) is 10.6. The van der Waals surface area contributed by atoms with Crippen LogP contribution in [0.3, 0.4) is 0 Å². The minimum absolute atomic E-state index is 0.0366. The van der Waals surface area contributed by atoms with Gasteiger partial charge in [-0.3, -0.25) is 0 Å². The number of rotatable bonds is 5. The lowest BCUT2D eigenvalue weighted by molar-refractivity contribution is 0.0528. The van der Waals surface area contributed by atoms with E-state index < -0.39 is 23.5 Å². The third-order valence-electron chi connectivity index (χ3n) is 2.59. The maximum absolute atomic E-state index is 13.8. The number of nitrogens with one attached hydrogen (secondary N) is 1. The molecule has 0 fully saturated rings. The molecule has 0 atom stereocenters. The molecule has 0 aromatic heterocycles. The van der Waals surface area contributed by atoms with Gasteiger partial charge < -0.3 is 15.2 Å². The number of alkyl carbamates (subject to hydrolysis) is 1. The van der Waals surface area contributed by atoms with Crippen LogP contribution in [0.2, 0.25) is 5.02 Å². The molecule has 0 saturated carbocycles. The first kappa shape index (κ1) is 19.0. The standard InChI is InChI=1S/C16H19ClFNO4/c1-16(2,3)23-15(22)19-7-5-4-6-10-8-12(17)11(14(20)21)9-13(10)18/h4,6,8-9H,5,7H2,1-3H3,(H,19,22)(H,20,21). The van der Waals surface area contributed by atoms with Gasteiger partial charge in [-0.05, 0) is 39.3 Å². The van der Waals surface area contributed by atoms with E-state index in [2.05, 4.69) is 5.32 Å². The summed E-state index contributed by atoms with van der Waals surface area (Å²) in [6.07, 6.45) is 3.05. The molecule has 0 aliphatic heterocycles. The largest absolute Gasteiger partial charge is 0.478 e. The van der Waals surface area contributed by atoms with E-state index in [1.54, 1.807) is 26.8 Å².